The minimum Gasteiger partial charge on any atom is -0.495 e. The Labute approximate surface area is 197 Å². The number of carbonyl (C=O) groups is 1. The van der Waals surface area contributed by atoms with Gasteiger partial charge in [0.15, 0.2) is 5.65 Å². The van der Waals surface area contributed by atoms with E-state index < -0.39 is 0 Å². The van der Waals surface area contributed by atoms with Crippen molar-refractivity contribution in [2.24, 2.45) is 5.92 Å². The second-order valence-electron chi connectivity index (χ2n) is 8.51. The highest BCUT2D eigenvalue weighted by atomic mass is 19.1. The van der Waals surface area contributed by atoms with Gasteiger partial charge in [-0.3, -0.25) is 4.79 Å². The Kier molecular flexibility index (Phi) is 5.88. The van der Waals surface area contributed by atoms with Crippen LogP contribution in [0.3, 0.4) is 0 Å². The van der Waals surface area contributed by atoms with Gasteiger partial charge >= 0.3 is 0 Å². The van der Waals surface area contributed by atoms with Crippen LogP contribution < -0.4 is 15.0 Å². The molecule has 1 aliphatic heterocycles. The number of hydrogen-bond acceptors (Lipinski definition) is 5. The van der Waals surface area contributed by atoms with Gasteiger partial charge in [-0.1, -0.05) is 12.1 Å². The summed E-state index contributed by atoms with van der Waals surface area (Å²) in [5, 5.41) is 7.77. The standard InChI is InChI=1S/C26H26FN5O2/c1-17-15-25(32-24(28-17)16-22(30-32)18-7-9-20(27)10-8-18)31-13-11-19(12-14-31)26(33)29-21-5-3-4-6-23(21)34-2/h3-10,15-16,19H,11-14H2,1-2H3,(H,29,33). The first-order valence-corrected chi connectivity index (χ1v) is 11.3. The van der Waals surface area contributed by atoms with E-state index in [0.29, 0.717) is 11.4 Å². The molecule has 1 saturated heterocycles. The molecule has 1 aliphatic rings. The SMILES string of the molecule is COc1ccccc1NC(=O)C1CCN(c2cc(C)nc3cc(-c4ccc(F)cc4)nn23)CC1. The highest BCUT2D eigenvalue weighted by Gasteiger charge is 2.27. The largest absolute Gasteiger partial charge is 0.495 e. The summed E-state index contributed by atoms with van der Waals surface area (Å²) < 4.78 is 20.5. The van der Waals surface area contributed by atoms with Gasteiger partial charge in [0, 0.05) is 42.4 Å². The molecular formula is C26H26FN5O2. The highest BCUT2D eigenvalue weighted by molar-refractivity contribution is 5.94. The minimum atomic E-state index is -0.278. The summed E-state index contributed by atoms with van der Waals surface area (Å²) in [5.41, 5.74) is 3.90. The molecule has 2 aromatic carbocycles. The van der Waals surface area contributed by atoms with Crippen LogP contribution in [0, 0.1) is 18.7 Å². The fourth-order valence-corrected chi connectivity index (χ4v) is 4.42. The van der Waals surface area contributed by atoms with E-state index >= 15 is 0 Å². The third-order valence-electron chi connectivity index (χ3n) is 6.23. The zero-order chi connectivity index (χ0) is 23.7. The van der Waals surface area contributed by atoms with Crippen molar-refractivity contribution in [2.45, 2.75) is 19.8 Å². The average Bonchev–Trinajstić information content (AvgIpc) is 3.28. The number of benzene rings is 2. The lowest BCUT2D eigenvalue weighted by molar-refractivity contribution is -0.120. The number of halogens is 1. The van der Waals surface area contributed by atoms with Gasteiger partial charge in [0.1, 0.15) is 17.4 Å². The number of rotatable bonds is 5. The number of aryl methyl sites for hydroxylation is 1. The van der Waals surface area contributed by atoms with Gasteiger partial charge in [-0.15, -0.1) is 0 Å². The second-order valence-corrected chi connectivity index (χ2v) is 8.51. The number of carbonyl (C=O) groups excluding carboxylic acids is 1. The molecule has 2 aromatic heterocycles. The van der Waals surface area contributed by atoms with E-state index in [2.05, 4.69) is 15.2 Å². The first-order valence-electron chi connectivity index (χ1n) is 11.3. The molecule has 0 unspecified atom stereocenters. The summed E-state index contributed by atoms with van der Waals surface area (Å²) in [4.78, 5) is 19.8. The normalized spacial score (nSPS) is 14.4. The fourth-order valence-electron chi connectivity index (χ4n) is 4.42. The lowest BCUT2D eigenvalue weighted by Crippen LogP contribution is -2.39. The van der Waals surface area contributed by atoms with Crippen LogP contribution in [-0.4, -0.2) is 40.7 Å². The number of anilines is 2. The summed E-state index contributed by atoms with van der Waals surface area (Å²) in [6, 6.07) is 17.7. The third kappa shape index (κ3) is 4.31. The van der Waals surface area contributed by atoms with Gasteiger partial charge in [0.25, 0.3) is 0 Å². The van der Waals surface area contributed by atoms with Gasteiger partial charge < -0.3 is 15.0 Å². The summed E-state index contributed by atoms with van der Waals surface area (Å²) in [5.74, 6) is 1.25. The second kappa shape index (κ2) is 9.13. The van der Waals surface area contributed by atoms with E-state index in [-0.39, 0.29) is 17.6 Å². The van der Waals surface area contributed by atoms with Crippen LogP contribution in [0.15, 0.2) is 60.7 Å². The average molecular weight is 460 g/mol. The number of fused-ring (bicyclic) bond motifs is 1. The number of nitrogens with zero attached hydrogens (tertiary/aromatic N) is 4. The van der Waals surface area contributed by atoms with Crippen LogP contribution in [-0.2, 0) is 4.79 Å². The van der Waals surface area contributed by atoms with Crippen molar-refractivity contribution in [3.8, 4) is 17.0 Å². The lowest BCUT2D eigenvalue weighted by Gasteiger charge is -2.33. The molecule has 7 nitrogen and oxygen atoms in total. The van der Waals surface area contributed by atoms with Crippen LogP contribution in [0.1, 0.15) is 18.5 Å². The van der Waals surface area contributed by atoms with Gasteiger partial charge in [-0.05, 0) is 56.2 Å². The van der Waals surface area contributed by atoms with E-state index in [4.69, 9.17) is 9.84 Å². The third-order valence-corrected chi connectivity index (χ3v) is 6.23. The van der Waals surface area contributed by atoms with Crippen molar-refractivity contribution < 1.29 is 13.9 Å². The van der Waals surface area contributed by atoms with Crippen molar-refractivity contribution in [1.29, 1.82) is 0 Å². The number of hydrogen-bond donors (Lipinski definition) is 1. The molecule has 4 aromatic rings. The monoisotopic (exact) mass is 459 g/mol. The number of amides is 1. The van der Waals surface area contributed by atoms with Crippen LogP contribution in [0.25, 0.3) is 16.9 Å². The number of methoxy groups -OCH3 is 1. The van der Waals surface area contributed by atoms with E-state index in [1.54, 1.807) is 19.2 Å². The van der Waals surface area contributed by atoms with Gasteiger partial charge in [-0.25, -0.2) is 9.37 Å². The molecule has 0 spiro atoms. The smallest absolute Gasteiger partial charge is 0.227 e. The Balaban J connectivity index is 1.33. The Morgan fingerprint density at radius 2 is 1.82 bits per heavy atom. The first kappa shape index (κ1) is 21.9. The highest BCUT2D eigenvalue weighted by Crippen LogP contribution is 2.29. The van der Waals surface area contributed by atoms with Gasteiger partial charge in [0.05, 0.1) is 18.5 Å². The molecule has 0 bridgehead atoms. The maximum atomic E-state index is 13.3. The maximum Gasteiger partial charge on any atom is 0.227 e. The molecule has 8 heteroatoms. The summed E-state index contributed by atoms with van der Waals surface area (Å²) in [6.07, 6.45) is 1.46. The number of nitrogens with one attached hydrogen (secondary N) is 1. The molecule has 0 radical (unpaired) electrons. The number of para-hydroxylation sites is 2. The van der Waals surface area contributed by atoms with E-state index in [0.717, 1.165) is 54.3 Å². The topological polar surface area (TPSA) is 71.8 Å². The van der Waals surface area contributed by atoms with Crippen molar-refractivity contribution in [1.82, 2.24) is 14.6 Å². The summed E-state index contributed by atoms with van der Waals surface area (Å²) in [7, 11) is 1.59. The number of ether oxygens (including phenoxy) is 1. The van der Waals surface area contributed by atoms with Crippen LogP contribution in [0.4, 0.5) is 15.9 Å². The molecule has 1 fully saturated rings. The Hall–Kier alpha value is -3.94. The first-order chi connectivity index (χ1) is 16.5. The summed E-state index contributed by atoms with van der Waals surface area (Å²) >= 11 is 0. The molecule has 5 rings (SSSR count). The number of aromatic nitrogens is 3. The number of piperidine rings is 1. The molecule has 3 heterocycles. The van der Waals surface area contributed by atoms with Gasteiger partial charge in [-0.2, -0.15) is 9.61 Å². The van der Waals surface area contributed by atoms with Crippen LogP contribution in [0.5, 0.6) is 5.75 Å². The predicted octanol–water partition coefficient (Wildman–Crippen LogP) is 4.71. The van der Waals surface area contributed by atoms with Crippen molar-refractivity contribution in [3.05, 3.63) is 72.2 Å². The molecule has 0 atom stereocenters. The lowest BCUT2D eigenvalue weighted by atomic mass is 9.95. The van der Waals surface area contributed by atoms with E-state index in [1.807, 2.05) is 47.8 Å². The van der Waals surface area contributed by atoms with Crippen LogP contribution in [0.2, 0.25) is 0 Å². The fraction of sp³-hybridized carbons (Fsp3) is 0.269. The summed E-state index contributed by atoms with van der Waals surface area (Å²) in [6.45, 7) is 3.42. The zero-order valence-electron chi connectivity index (χ0n) is 19.2. The quantitative estimate of drug-likeness (QED) is 0.468. The van der Waals surface area contributed by atoms with E-state index in [9.17, 15) is 9.18 Å². The Morgan fingerprint density at radius 3 is 2.56 bits per heavy atom. The predicted molar refractivity (Wildman–Crippen MR) is 130 cm³/mol. The van der Waals surface area contributed by atoms with Crippen molar-refractivity contribution in [2.75, 3.05) is 30.4 Å². The minimum absolute atomic E-state index is 0.0119. The molecule has 1 N–H and O–H groups in total. The molecule has 0 aliphatic carbocycles. The van der Waals surface area contributed by atoms with E-state index in [1.165, 1.54) is 12.1 Å². The maximum absolute atomic E-state index is 13.3. The molecule has 0 saturated carbocycles. The van der Waals surface area contributed by atoms with Crippen LogP contribution >= 0.6 is 0 Å². The Morgan fingerprint density at radius 1 is 1.09 bits per heavy atom. The zero-order valence-corrected chi connectivity index (χ0v) is 19.2. The van der Waals surface area contributed by atoms with Crippen molar-refractivity contribution >= 4 is 23.1 Å². The molecule has 1 amide bonds. The Bertz CT molecular complexity index is 1330. The molecule has 174 valence electrons. The van der Waals surface area contributed by atoms with Gasteiger partial charge in [0.2, 0.25) is 5.91 Å². The molecule has 34 heavy (non-hydrogen) atoms. The molecular weight excluding hydrogens is 433 g/mol. The van der Waals surface area contributed by atoms with Crippen molar-refractivity contribution in [3.63, 3.8) is 0 Å².